The van der Waals surface area contributed by atoms with Crippen LogP contribution in [-0.4, -0.2) is 9.97 Å². The first-order valence-electron chi connectivity index (χ1n) is 5.10. The number of rotatable bonds is 1. The lowest BCUT2D eigenvalue weighted by atomic mass is 10.2. The van der Waals surface area contributed by atoms with E-state index in [-0.39, 0.29) is 10.6 Å². The fraction of sp³-hybridized carbons (Fsp3) is 0.182. The van der Waals surface area contributed by atoms with Crippen molar-refractivity contribution in [3.63, 3.8) is 0 Å². The zero-order valence-electron chi connectivity index (χ0n) is 9.40. The van der Waals surface area contributed by atoms with Gasteiger partial charge in [0.15, 0.2) is 11.4 Å². The zero-order valence-corrected chi connectivity index (χ0v) is 10.2. The zero-order chi connectivity index (χ0) is 15.1. The van der Waals surface area contributed by atoms with Crippen molar-refractivity contribution in [3.05, 3.63) is 40.7 Å². The second-order valence-electron chi connectivity index (χ2n) is 3.78. The van der Waals surface area contributed by atoms with Crippen LogP contribution in [-0.2, 0) is 12.4 Å². The van der Waals surface area contributed by atoms with E-state index in [1.807, 2.05) is 0 Å². The van der Waals surface area contributed by atoms with Gasteiger partial charge in [0.25, 0.3) is 0 Å². The molecule has 1 aromatic carbocycles. The average molecular weight is 315 g/mol. The van der Waals surface area contributed by atoms with E-state index in [4.69, 9.17) is 11.6 Å². The highest BCUT2D eigenvalue weighted by molar-refractivity contribution is 6.33. The van der Waals surface area contributed by atoms with Crippen LogP contribution in [0.5, 0.6) is 0 Å². The van der Waals surface area contributed by atoms with Crippen LogP contribution in [0.4, 0.5) is 26.3 Å². The Balaban J connectivity index is 2.65. The van der Waals surface area contributed by atoms with E-state index in [1.165, 1.54) is 24.3 Å². The maximum atomic E-state index is 12.6. The van der Waals surface area contributed by atoms with Gasteiger partial charge < -0.3 is 4.98 Å². The minimum absolute atomic E-state index is 0.0105. The summed E-state index contributed by atoms with van der Waals surface area (Å²) in [7, 11) is 0. The second-order valence-corrected chi connectivity index (χ2v) is 4.19. The first-order valence-corrected chi connectivity index (χ1v) is 5.48. The van der Waals surface area contributed by atoms with Gasteiger partial charge in [-0.2, -0.15) is 26.3 Å². The smallest absolute Gasteiger partial charge is 0.334 e. The van der Waals surface area contributed by atoms with Crippen molar-refractivity contribution in [2.24, 2.45) is 0 Å². The molecule has 1 heterocycles. The molecular formula is C11H5ClF6N2. The summed E-state index contributed by atoms with van der Waals surface area (Å²) in [4.78, 5) is 4.64. The van der Waals surface area contributed by atoms with Crippen molar-refractivity contribution in [1.29, 1.82) is 0 Å². The molecule has 1 N–H and O–H groups in total. The Bertz CT molecular complexity index is 597. The molecular weight excluding hydrogens is 310 g/mol. The fourth-order valence-electron chi connectivity index (χ4n) is 1.56. The van der Waals surface area contributed by atoms with Crippen molar-refractivity contribution < 1.29 is 26.3 Å². The molecule has 0 aliphatic heterocycles. The maximum absolute atomic E-state index is 12.6. The predicted molar refractivity (Wildman–Crippen MR) is 59.0 cm³/mol. The number of nitrogens with zero attached hydrogens (tertiary/aromatic N) is 1. The second kappa shape index (κ2) is 4.69. The van der Waals surface area contributed by atoms with E-state index in [0.29, 0.717) is 0 Å². The molecule has 0 atom stereocenters. The first-order chi connectivity index (χ1) is 9.10. The number of aromatic nitrogens is 2. The third-order valence-electron chi connectivity index (χ3n) is 2.38. The molecule has 1 aromatic heterocycles. The molecule has 0 bridgehead atoms. The normalized spacial score (nSPS) is 12.8. The average Bonchev–Trinajstić information content (AvgIpc) is 2.73. The van der Waals surface area contributed by atoms with Gasteiger partial charge in [-0.15, -0.1) is 0 Å². The summed E-state index contributed by atoms with van der Waals surface area (Å²) < 4.78 is 75.6. The summed E-state index contributed by atoms with van der Waals surface area (Å²) in [6.07, 6.45) is -10.4. The van der Waals surface area contributed by atoms with Crippen molar-refractivity contribution in [1.82, 2.24) is 9.97 Å². The van der Waals surface area contributed by atoms with Gasteiger partial charge in [-0.25, -0.2) is 4.98 Å². The van der Waals surface area contributed by atoms with E-state index < -0.39 is 29.6 Å². The molecule has 20 heavy (non-hydrogen) atoms. The number of hydrogen-bond donors (Lipinski definition) is 1. The Morgan fingerprint density at radius 1 is 0.950 bits per heavy atom. The summed E-state index contributed by atoms with van der Waals surface area (Å²) in [6, 6.07) is 5.51. The van der Waals surface area contributed by atoms with Crippen molar-refractivity contribution in [2.45, 2.75) is 12.4 Å². The Morgan fingerprint density at radius 2 is 1.55 bits per heavy atom. The summed E-state index contributed by atoms with van der Waals surface area (Å²) >= 11 is 5.73. The van der Waals surface area contributed by atoms with Gasteiger partial charge in [-0.3, -0.25) is 0 Å². The van der Waals surface area contributed by atoms with Gasteiger partial charge in [-0.1, -0.05) is 23.7 Å². The molecule has 0 fully saturated rings. The SMILES string of the molecule is FC(F)(F)c1nc(-c2ccccc2Cl)[nH]c1C(F)(F)F. The highest BCUT2D eigenvalue weighted by Crippen LogP contribution is 2.40. The fourth-order valence-corrected chi connectivity index (χ4v) is 1.79. The van der Waals surface area contributed by atoms with E-state index in [2.05, 4.69) is 4.98 Å². The van der Waals surface area contributed by atoms with Crippen LogP contribution >= 0.6 is 11.6 Å². The molecule has 2 rings (SSSR count). The summed E-state index contributed by atoms with van der Waals surface area (Å²) in [5, 5.41) is -0.0105. The number of H-pyrrole nitrogens is 1. The Kier molecular flexibility index (Phi) is 3.45. The monoisotopic (exact) mass is 314 g/mol. The van der Waals surface area contributed by atoms with Crippen LogP contribution in [0.1, 0.15) is 11.4 Å². The molecule has 0 unspecified atom stereocenters. The first kappa shape index (κ1) is 14.7. The molecule has 0 amide bonds. The van der Waals surface area contributed by atoms with Gasteiger partial charge in [-0.05, 0) is 12.1 Å². The third-order valence-corrected chi connectivity index (χ3v) is 2.71. The van der Waals surface area contributed by atoms with Crippen molar-refractivity contribution in [2.75, 3.05) is 0 Å². The van der Waals surface area contributed by atoms with Crippen LogP contribution in [0, 0.1) is 0 Å². The molecule has 0 spiro atoms. The number of halogens is 7. The Hall–Kier alpha value is -1.70. The van der Waals surface area contributed by atoms with Gasteiger partial charge >= 0.3 is 12.4 Å². The minimum atomic E-state index is -5.22. The molecule has 2 aromatic rings. The maximum Gasteiger partial charge on any atom is 0.435 e. The molecule has 9 heteroatoms. The molecule has 0 saturated carbocycles. The number of nitrogens with one attached hydrogen (secondary N) is 1. The molecule has 0 aliphatic rings. The lowest BCUT2D eigenvalue weighted by molar-refractivity contribution is -0.165. The lowest BCUT2D eigenvalue weighted by Crippen LogP contribution is -2.16. The number of alkyl halides is 6. The van der Waals surface area contributed by atoms with Crippen LogP contribution in [0.25, 0.3) is 11.4 Å². The summed E-state index contributed by atoms with van der Waals surface area (Å²) in [5.74, 6) is -0.588. The summed E-state index contributed by atoms with van der Waals surface area (Å²) in [5.41, 5.74) is -4.00. The molecule has 108 valence electrons. The van der Waals surface area contributed by atoms with Crippen LogP contribution < -0.4 is 0 Å². The number of benzene rings is 1. The van der Waals surface area contributed by atoms with Gasteiger partial charge in [0, 0.05) is 5.56 Å². The number of aromatic amines is 1. The molecule has 0 aliphatic carbocycles. The van der Waals surface area contributed by atoms with E-state index in [0.717, 1.165) is 0 Å². The molecule has 0 radical (unpaired) electrons. The quantitative estimate of drug-likeness (QED) is 0.755. The van der Waals surface area contributed by atoms with Crippen LogP contribution in [0.15, 0.2) is 24.3 Å². The number of imidazole rings is 1. The van der Waals surface area contributed by atoms with Crippen LogP contribution in [0.2, 0.25) is 5.02 Å². The summed E-state index contributed by atoms with van der Waals surface area (Å²) in [6.45, 7) is 0. The highest BCUT2D eigenvalue weighted by atomic mass is 35.5. The van der Waals surface area contributed by atoms with E-state index in [9.17, 15) is 26.3 Å². The van der Waals surface area contributed by atoms with Gasteiger partial charge in [0.1, 0.15) is 5.82 Å². The van der Waals surface area contributed by atoms with Crippen molar-refractivity contribution in [3.8, 4) is 11.4 Å². The standard InChI is InChI=1S/C11H5ClF6N2/c12-6-4-2-1-3-5(6)9-19-7(10(13,14)15)8(20-9)11(16,17)18/h1-4H,(H,19,20). The van der Waals surface area contributed by atoms with Crippen molar-refractivity contribution >= 4 is 11.6 Å². The Morgan fingerprint density at radius 3 is 2.00 bits per heavy atom. The Labute approximate surface area is 113 Å². The lowest BCUT2D eigenvalue weighted by Gasteiger charge is -2.08. The number of hydrogen-bond acceptors (Lipinski definition) is 1. The van der Waals surface area contributed by atoms with E-state index in [1.54, 1.807) is 4.98 Å². The highest BCUT2D eigenvalue weighted by Gasteiger charge is 2.47. The topological polar surface area (TPSA) is 28.7 Å². The third kappa shape index (κ3) is 2.74. The largest absolute Gasteiger partial charge is 0.435 e. The van der Waals surface area contributed by atoms with Gasteiger partial charge in [0.2, 0.25) is 0 Å². The predicted octanol–water partition coefficient (Wildman–Crippen LogP) is 4.77. The van der Waals surface area contributed by atoms with Gasteiger partial charge in [0.05, 0.1) is 5.02 Å². The van der Waals surface area contributed by atoms with Crippen LogP contribution in [0.3, 0.4) is 0 Å². The molecule has 2 nitrogen and oxygen atoms in total. The molecule has 0 saturated heterocycles. The minimum Gasteiger partial charge on any atom is -0.334 e. The van der Waals surface area contributed by atoms with E-state index >= 15 is 0 Å².